The Kier molecular flexibility index (Phi) is 7.84. The topological polar surface area (TPSA) is 76.7 Å². The van der Waals surface area contributed by atoms with Crippen molar-refractivity contribution in [1.29, 1.82) is 0 Å². The van der Waals surface area contributed by atoms with E-state index in [1.165, 1.54) is 6.08 Å². The van der Waals surface area contributed by atoms with Gasteiger partial charge in [0.15, 0.2) is 11.5 Å². The molecule has 160 valence electrons. The number of hydrogen-bond acceptors (Lipinski definition) is 5. The minimum Gasteiger partial charge on any atom is -0.493 e. The number of anilines is 1. The Labute approximate surface area is 185 Å². The van der Waals surface area contributed by atoms with Crippen molar-refractivity contribution in [3.63, 3.8) is 0 Å². The monoisotopic (exact) mass is 436 g/mol. The van der Waals surface area contributed by atoms with Crippen LogP contribution in [0.3, 0.4) is 0 Å². The minimum atomic E-state index is -0.253. The SMILES string of the molecule is COc1ccc(/C=C/C(=O)Nc2ccc(CC(=O)NCc3cccs3)cc2)cc1OC. The highest BCUT2D eigenvalue weighted by molar-refractivity contribution is 7.09. The number of carbonyl (C=O) groups is 2. The molecule has 3 aromatic rings. The number of carbonyl (C=O) groups excluding carboxylic acids is 2. The molecule has 2 N–H and O–H groups in total. The van der Waals surface area contributed by atoms with Crippen LogP contribution < -0.4 is 20.1 Å². The number of benzene rings is 2. The highest BCUT2D eigenvalue weighted by Gasteiger charge is 2.06. The Balaban J connectivity index is 1.50. The molecular formula is C24H24N2O4S. The number of rotatable bonds is 9. The second kappa shape index (κ2) is 11.0. The molecule has 6 nitrogen and oxygen atoms in total. The fraction of sp³-hybridized carbons (Fsp3) is 0.167. The molecule has 31 heavy (non-hydrogen) atoms. The van der Waals surface area contributed by atoms with Gasteiger partial charge in [0.1, 0.15) is 0 Å². The molecule has 0 spiro atoms. The third-order valence-electron chi connectivity index (χ3n) is 4.46. The molecule has 0 radical (unpaired) electrons. The predicted octanol–water partition coefficient (Wildman–Crippen LogP) is 4.28. The molecule has 0 aliphatic heterocycles. The number of methoxy groups -OCH3 is 2. The van der Waals surface area contributed by atoms with Crippen molar-refractivity contribution in [2.75, 3.05) is 19.5 Å². The van der Waals surface area contributed by atoms with Crippen molar-refractivity contribution in [2.24, 2.45) is 0 Å². The average Bonchev–Trinajstić information content (AvgIpc) is 3.31. The summed E-state index contributed by atoms with van der Waals surface area (Å²) in [4.78, 5) is 25.4. The van der Waals surface area contributed by atoms with Crippen molar-refractivity contribution < 1.29 is 19.1 Å². The van der Waals surface area contributed by atoms with E-state index in [2.05, 4.69) is 10.6 Å². The molecule has 3 rings (SSSR count). The van der Waals surface area contributed by atoms with Gasteiger partial charge in [0.2, 0.25) is 11.8 Å². The number of thiophene rings is 1. The molecule has 2 aromatic carbocycles. The smallest absolute Gasteiger partial charge is 0.248 e. The zero-order valence-corrected chi connectivity index (χ0v) is 18.2. The maximum absolute atomic E-state index is 12.2. The minimum absolute atomic E-state index is 0.0389. The van der Waals surface area contributed by atoms with Gasteiger partial charge in [-0.1, -0.05) is 24.3 Å². The summed E-state index contributed by atoms with van der Waals surface area (Å²) in [6, 6.07) is 16.6. The van der Waals surface area contributed by atoms with Crippen molar-refractivity contribution in [1.82, 2.24) is 5.32 Å². The van der Waals surface area contributed by atoms with Crippen molar-refractivity contribution in [3.05, 3.63) is 82.1 Å². The van der Waals surface area contributed by atoms with Crippen LogP contribution in [-0.4, -0.2) is 26.0 Å². The molecule has 0 unspecified atom stereocenters. The summed E-state index contributed by atoms with van der Waals surface area (Å²) in [7, 11) is 3.14. The quantitative estimate of drug-likeness (QED) is 0.491. The molecule has 0 saturated heterocycles. The fourth-order valence-corrected chi connectivity index (χ4v) is 3.51. The molecule has 0 fully saturated rings. The van der Waals surface area contributed by atoms with E-state index in [0.717, 1.165) is 16.0 Å². The summed E-state index contributed by atoms with van der Waals surface area (Å²) >= 11 is 1.61. The first kappa shape index (κ1) is 22.1. The van der Waals surface area contributed by atoms with Gasteiger partial charge in [-0.25, -0.2) is 0 Å². The van der Waals surface area contributed by atoms with E-state index in [9.17, 15) is 9.59 Å². The second-order valence-electron chi connectivity index (χ2n) is 6.67. The summed E-state index contributed by atoms with van der Waals surface area (Å²) in [5, 5.41) is 7.69. The van der Waals surface area contributed by atoms with Crippen LogP contribution in [0.1, 0.15) is 16.0 Å². The Morgan fingerprint density at radius 1 is 1.00 bits per heavy atom. The lowest BCUT2D eigenvalue weighted by atomic mass is 10.1. The Hall–Kier alpha value is -3.58. The van der Waals surface area contributed by atoms with E-state index in [1.54, 1.807) is 55.9 Å². The van der Waals surface area contributed by atoms with Gasteiger partial charge in [-0.2, -0.15) is 0 Å². The number of nitrogens with one attached hydrogen (secondary N) is 2. The first-order valence-electron chi connectivity index (χ1n) is 9.66. The van der Waals surface area contributed by atoms with Gasteiger partial charge in [0, 0.05) is 16.6 Å². The van der Waals surface area contributed by atoms with Gasteiger partial charge in [-0.05, 0) is 52.9 Å². The van der Waals surface area contributed by atoms with Crippen LogP contribution in [0.4, 0.5) is 5.69 Å². The fourth-order valence-electron chi connectivity index (χ4n) is 2.87. The van der Waals surface area contributed by atoms with Gasteiger partial charge in [-0.15, -0.1) is 11.3 Å². The van der Waals surface area contributed by atoms with Crippen LogP contribution in [0.25, 0.3) is 6.08 Å². The van der Waals surface area contributed by atoms with E-state index >= 15 is 0 Å². The standard InChI is InChI=1S/C24H24N2O4S/c1-29-21-11-7-17(14-22(21)30-2)8-12-23(27)26-19-9-5-18(6-10-19)15-24(28)25-16-20-4-3-13-31-20/h3-14H,15-16H2,1-2H3,(H,25,28)(H,26,27)/b12-8+. The lowest BCUT2D eigenvalue weighted by molar-refractivity contribution is -0.120. The van der Waals surface area contributed by atoms with Crippen molar-refractivity contribution in [2.45, 2.75) is 13.0 Å². The number of hydrogen-bond donors (Lipinski definition) is 2. The molecule has 7 heteroatoms. The largest absolute Gasteiger partial charge is 0.493 e. The highest BCUT2D eigenvalue weighted by atomic mass is 32.1. The highest BCUT2D eigenvalue weighted by Crippen LogP contribution is 2.28. The summed E-state index contributed by atoms with van der Waals surface area (Å²) in [6.45, 7) is 0.539. The normalized spacial score (nSPS) is 10.6. The Morgan fingerprint density at radius 3 is 2.45 bits per heavy atom. The molecule has 2 amide bonds. The van der Waals surface area contributed by atoms with E-state index < -0.39 is 0 Å². The number of amides is 2. The van der Waals surface area contributed by atoms with E-state index in [1.807, 2.05) is 35.7 Å². The Morgan fingerprint density at radius 2 is 1.77 bits per heavy atom. The van der Waals surface area contributed by atoms with E-state index in [0.29, 0.717) is 30.2 Å². The van der Waals surface area contributed by atoms with Crippen LogP contribution >= 0.6 is 11.3 Å². The maximum Gasteiger partial charge on any atom is 0.248 e. The van der Waals surface area contributed by atoms with Gasteiger partial charge in [0.05, 0.1) is 27.2 Å². The molecule has 0 bridgehead atoms. The van der Waals surface area contributed by atoms with Gasteiger partial charge < -0.3 is 20.1 Å². The Bertz CT molecular complexity index is 1040. The molecular weight excluding hydrogens is 412 g/mol. The predicted molar refractivity (Wildman–Crippen MR) is 124 cm³/mol. The summed E-state index contributed by atoms with van der Waals surface area (Å²) < 4.78 is 10.5. The third-order valence-corrected chi connectivity index (χ3v) is 5.34. The van der Waals surface area contributed by atoms with Crippen LogP contribution in [0.5, 0.6) is 11.5 Å². The summed E-state index contributed by atoms with van der Waals surface area (Å²) in [5.74, 6) is 0.934. The van der Waals surface area contributed by atoms with Crippen LogP contribution in [0, 0.1) is 0 Å². The average molecular weight is 437 g/mol. The van der Waals surface area contributed by atoms with Crippen LogP contribution in [-0.2, 0) is 22.6 Å². The van der Waals surface area contributed by atoms with Crippen molar-refractivity contribution in [3.8, 4) is 11.5 Å². The van der Waals surface area contributed by atoms with E-state index in [-0.39, 0.29) is 11.8 Å². The molecule has 0 atom stereocenters. The lowest BCUT2D eigenvalue weighted by Crippen LogP contribution is -2.24. The van der Waals surface area contributed by atoms with Crippen LogP contribution in [0.15, 0.2) is 66.1 Å². The van der Waals surface area contributed by atoms with Gasteiger partial charge in [-0.3, -0.25) is 9.59 Å². The number of ether oxygens (including phenoxy) is 2. The zero-order valence-electron chi connectivity index (χ0n) is 17.4. The zero-order chi connectivity index (χ0) is 22.1. The first-order chi connectivity index (χ1) is 15.1. The van der Waals surface area contributed by atoms with Gasteiger partial charge in [0.25, 0.3) is 0 Å². The third kappa shape index (κ3) is 6.72. The lowest BCUT2D eigenvalue weighted by Gasteiger charge is -2.08. The van der Waals surface area contributed by atoms with Crippen LogP contribution in [0.2, 0.25) is 0 Å². The molecule has 0 aliphatic rings. The summed E-state index contributed by atoms with van der Waals surface area (Å²) in [6.07, 6.45) is 3.44. The second-order valence-corrected chi connectivity index (χ2v) is 7.70. The van der Waals surface area contributed by atoms with E-state index in [4.69, 9.17) is 9.47 Å². The van der Waals surface area contributed by atoms with Crippen molar-refractivity contribution >= 4 is 34.9 Å². The maximum atomic E-state index is 12.2. The first-order valence-corrected chi connectivity index (χ1v) is 10.5. The van der Waals surface area contributed by atoms with Gasteiger partial charge >= 0.3 is 0 Å². The molecule has 1 aromatic heterocycles. The summed E-state index contributed by atoms with van der Waals surface area (Å²) in [5.41, 5.74) is 2.35. The molecule has 1 heterocycles. The molecule has 0 saturated carbocycles. The molecule has 0 aliphatic carbocycles.